The zero-order valence-electron chi connectivity index (χ0n) is 21.0. The number of aryl methyl sites for hydroxylation is 1. The van der Waals surface area contributed by atoms with Crippen LogP contribution in [0.25, 0.3) is 11.1 Å². The number of alkyl halides is 6. The summed E-state index contributed by atoms with van der Waals surface area (Å²) in [5, 5.41) is 12.5. The van der Waals surface area contributed by atoms with Crippen molar-refractivity contribution in [2.75, 3.05) is 6.61 Å². The molecule has 13 heteroatoms. The van der Waals surface area contributed by atoms with Gasteiger partial charge in [-0.2, -0.15) is 26.3 Å². The third-order valence-electron chi connectivity index (χ3n) is 5.08. The molecule has 2 rings (SSSR count). The van der Waals surface area contributed by atoms with Gasteiger partial charge in [-0.1, -0.05) is 0 Å². The fourth-order valence-corrected chi connectivity index (χ4v) is 3.63. The molecule has 1 atom stereocenters. The molecule has 2 aromatic carbocycles. The Balaban J connectivity index is 2.79. The van der Waals surface area contributed by atoms with Crippen LogP contribution in [0.2, 0.25) is 0 Å². The van der Waals surface area contributed by atoms with E-state index in [0.29, 0.717) is 18.2 Å². The molecule has 0 fully saturated rings. The third kappa shape index (κ3) is 7.75. The van der Waals surface area contributed by atoms with Crippen LogP contribution in [0.5, 0.6) is 5.75 Å². The monoisotopic (exact) mass is 553 g/mol. The number of alkyl carbamates (subject to hydrolysis) is 1. The minimum Gasteiger partial charge on any atom is -0.507 e. The van der Waals surface area contributed by atoms with E-state index in [4.69, 9.17) is 9.47 Å². The molecule has 0 radical (unpaired) electrons. The van der Waals surface area contributed by atoms with Crippen molar-refractivity contribution in [2.45, 2.75) is 65.0 Å². The zero-order chi connectivity index (χ0) is 29.2. The predicted octanol–water partition coefficient (Wildman–Crippen LogP) is 7.06. The number of amides is 1. The van der Waals surface area contributed by atoms with Gasteiger partial charge in [-0.25, -0.2) is 9.18 Å². The maximum absolute atomic E-state index is 15.3. The fourth-order valence-electron chi connectivity index (χ4n) is 3.63. The summed E-state index contributed by atoms with van der Waals surface area (Å²) >= 11 is 0. The first kappa shape index (κ1) is 30.7. The van der Waals surface area contributed by atoms with Crippen molar-refractivity contribution in [1.82, 2.24) is 5.32 Å². The van der Waals surface area contributed by atoms with Gasteiger partial charge in [0.05, 0.1) is 30.2 Å². The molecule has 0 spiro atoms. The van der Waals surface area contributed by atoms with Gasteiger partial charge in [0.1, 0.15) is 17.2 Å². The highest BCUT2D eigenvalue weighted by molar-refractivity contribution is 5.77. The predicted molar refractivity (Wildman–Crippen MR) is 122 cm³/mol. The molecule has 6 nitrogen and oxygen atoms in total. The van der Waals surface area contributed by atoms with E-state index in [9.17, 15) is 41.0 Å². The van der Waals surface area contributed by atoms with E-state index >= 15 is 4.39 Å². The second-order valence-corrected chi connectivity index (χ2v) is 9.32. The maximum Gasteiger partial charge on any atom is 0.419 e. The highest BCUT2D eigenvalue weighted by Gasteiger charge is 2.38. The van der Waals surface area contributed by atoms with E-state index in [-0.39, 0.29) is 12.2 Å². The van der Waals surface area contributed by atoms with Gasteiger partial charge < -0.3 is 19.9 Å². The molecule has 0 heterocycles. The van der Waals surface area contributed by atoms with Crippen LogP contribution in [0.1, 0.15) is 62.4 Å². The fraction of sp³-hybridized carbons (Fsp3) is 0.440. The first-order valence-electron chi connectivity index (χ1n) is 11.2. The topological polar surface area (TPSA) is 84.9 Å². The molecule has 1 amide bonds. The first-order chi connectivity index (χ1) is 17.2. The minimum absolute atomic E-state index is 0.118. The van der Waals surface area contributed by atoms with Gasteiger partial charge in [0.25, 0.3) is 0 Å². The molecule has 0 aliphatic rings. The molecular weight excluding hydrogens is 527 g/mol. The molecular formula is C25H26F7NO5. The Morgan fingerprint density at radius 1 is 1.00 bits per heavy atom. The minimum atomic E-state index is -5.29. The first-order valence-corrected chi connectivity index (χ1v) is 11.2. The molecule has 38 heavy (non-hydrogen) atoms. The molecule has 0 saturated carbocycles. The van der Waals surface area contributed by atoms with Crippen molar-refractivity contribution < 1.29 is 54.9 Å². The number of aromatic hydroxyl groups is 1. The van der Waals surface area contributed by atoms with E-state index in [1.165, 1.54) is 27.7 Å². The Hall–Kier alpha value is -3.51. The van der Waals surface area contributed by atoms with Crippen LogP contribution >= 0.6 is 0 Å². The quantitative estimate of drug-likeness (QED) is 0.296. The number of rotatable bonds is 6. The Morgan fingerprint density at radius 3 is 2.08 bits per heavy atom. The molecule has 0 aromatic heterocycles. The maximum atomic E-state index is 15.3. The smallest absolute Gasteiger partial charge is 0.419 e. The summed E-state index contributed by atoms with van der Waals surface area (Å²) in [6.45, 7) is 6.93. The SMILES string of the molecule is CCOC(=O)C[C@H](NC(=O)OC(C)(C)C)c1cc(-c2c(C)cc(C(F)(F)F)cc2O)cc(C(F)(F)F)c1F. The molecule has 210 valence electrons. The lowest BCUT2D eigenvalue weighted by Gasteiger charge is -2.25. The van der Waals surface area contributed by atoms with Crippen LogP contribution in [0.4, 0.5) is 35.5 Å². The van der Waals surface area contributed by atoms with Crippen LogP contribution in [0, 0.1) is 12.7 Å². The van der Waals surface area contributed by atoms with Gasteiger partial charge in [0.2, 0.25) is 0 Å². The number of phenolic OH excluding ortho intramolecular Hbond substituents is 1. The Labute approximate surface area is 213 Å². The zero-order valence-corrected chi connectivity index (χ0v) is 21.0. The molecule has 0 unspecified atom stereocenters. The van der Waals surface area contributed by atoms with Crippen molar-refractivity contribution in [3.63, 3.8) is 0 Å². The number of ether oxygens (including phenoxy) is 2. The Morgan fingerprint density at radius 2 is 1.61 bits per heavy atom. The lowest BCUT2D eigenvalue weighted by atomic mass is 9.91. The molecule has 0 aliphatic carbocycles. The molecule has 2 aromatic rings. The average molecular weight is 553 g/mol. The van der Waals surface area contributed by atoms with Crippen molar-refractivity contribution in [3.8, 4) is 16.9 Å². The normalized spacial score (nSPS) is 13.2. The number of phenols is 1. The van der Waals surface area contributed by atoms with Crippen LogP contribution < -0.4 is 5.32 Å². The summed E-state index contributed by atoms with van der Waals surface area (Å²) in [5.41, 5.74) is -6.16. The lowest BCUT2D eigenvalue weighted by Crippen LogP contribution is -2.36. The van der Waals surface area contributed by atoms with Crippen LogP contribution in [0.15, 0.2) is 24.3 Å². The summed E-state index contributed by atoms with van der Waals surface area (Å²) < 4.78 is 106. The van der Waals surface area contributed by atoms with Crippen molar-refractivity contribution >= 4 is 12.1 Å². The molecule has 0 aliphatic heterocycles. The number of esters is 1. The van der Waals surface area contributed by atoms with E-state index in [0.717, 1.165) is 13.0 Å². The highest BCUT2D eigenvalue weighted by atomic mass is 19.4. The van der Waals surface area contributed by atoms with Crippen molar-refractivity contribution in [3.05, 3.63) is 52.3 Å². The molecule has 0 bridgehead atoms. The number of carbonyl (C=O) groups excluding carboxylic acids is 2. The van der Waals surface area contributed by atoms with Gasteiger partial charge in [0, 0.05) is 11.1 Å². The van der Waals surface area contributed by atoms with Gasteiger partial charge in [-0.15, -0.1) is 0 Å². The van der Waals surface area contributed by atoms with E-state index < -0.39 is 81.9 Å². The van der Waals surface area contributed by atoms with Crippen LogP contribution in [-0.2, 0) is 26.6 Å². The van der Waals surface area contributed by atoms with Crippen LogP contribution in [0.3, 0.4) is 0 Å². The van der Waals surface area contributed by atoms with Crippen molar-refractivity contribution in [2.24, 2.45) is 0 Å². The summed E-state index contributed by atoms with van der Waals surface area (Å²) in [6, 6.07) is 0.333. The van der Waals surface area contributed by atoms with Gasteiger partial charge in [-0.05, 0) is 70.0 Å². The van der Waals surface area contributed by atoms with E-state index in [1.54, 1.807) is 0 Å². The second kappa shape index (κ2) is 11.1. The lowest BCUT2D eigenvalue weighted by molar-refractivity contribution is -0.143. The highest BCUT2D eigenvalue weighted by Crippen LogP contribution is 2.43. The van der Waals surface area contributed by atoms with Crippen LogP contribution in [-0.4, -0.2) is 29.4 Å². The van der Waals surface area contributed by atoms with Gasteiger partial charge in [0.15, 0.2) is 0 Å². The number of benzene rings is 2. The number of nitrogens with one attached hydrogen (secondary N) is 1. The molecule has 0 saturated heterocycles. The third-order valence-corrected chi connectivity index (χ3v) is 5.08. The summed E-state index contributed by atoms with van der Waals surface area (Å²) in [6.07, 6.45) is -12.1. The van der Waals surface area contributed by atoms with E-state index in [2.05, 4.69) is 5.32 Å². The Kier molecular flexibility index (Phi) is 8.95. The van der Waals surface area contributed by atoms with Gasteiger partial charge >= 0.3 is 24.4 Å². The second-order valence-electron chi connectivity index (χ2n) is 9.32. The van der Waals surface area contributed by atoms with Crippen molar-refractivity contribution in [1.29, 1.82) is 0 Å². The number of hydrogen-bond donors (Lipinski definition) is 2. The number of halogens is 7. The van der Waals surface area contributed by atoms with E-state index in [1.807, 2.05) is 0 Å². The average Bonchev–Trinajstić information content (AvgIpc) is 2.71. The number of carbonyl (C=O) groups is 2. The standard InChI is InChI=1S/C25H26F7NO5/c1-6-37-19(35)11-17(33-22(36)38-23(3,4)5)15-8-13(9-16(21(15)26)25(30,31)32)20-12(2)7-14(10-18(20)34)24(27,28)29/h7-10,17,34H,6,11H2,1-5H3,(H,33,36)/t17-/m0/s1. The Bertz CT molecular complexity index is 1180. The van der Waals surface area contributed by atoms with Gasteiger partial charge in [-0.3, -0.25) is 4.79 Å². The summed E-state index contributed by atoms with van der Waals surface area (Å²) in [5.74, 6) is -3.83. The summed E-state index contributed by atoms with van der Waals surface area (Å²) in [4.78, 5) is 24.6. The largest absolute Gasteiger partial charge is 0.507 e. The summed E-state index contributed by atoms with van der Waals surface area (Å²) in [7, 11) is 0. The number of hydrogen-bond acceptors (Lipinski definition) is 5. The molecule has 2 N–H and O–H groups in total.